The second-order valence-corrected chi connectivity index (χ2v) is 6.93. The van der Waals surface area contributed by atoms with E-state index in [2.05, 4.69) is 56.7 Å². The van der Waals surface area contributed by atoms with Gasteiger partial charge in [0.1, 0.15) is 5.03 Å². The van der Waals surface area contributed by atoms with E-state index in [-0.39, 0.29) is 0 Å². The SMILES string of the molecule is c1ccc2c(N3CCCCC3)ccc(CSc3cn[nH]n3)c2c1. The minimum Gasteiger partial charge on any atom is -0.371 e. The number of hydrogen-bond acceptors (Lipinski definition) is 4. The second-order valence-electron chi connectivity index (χ2n) is 5.93. The van der Waals surface area contributed by atoms with E-state index in [1.807, 2.05) is 0 Å². The number of aromatic amines is 1. The molecule has 1 N–H and O–H groups in total. The quantitative estimate of drug-likeness (QED) is 0.729. The summed E-state index contributed by atoms with van der Waals surface area (Å²) in [5, 5.41) is 14.3. The Balaban J connectivity index is 1.67. The van der Waals surface area contributed by atoms with Gasteiger partial charge in [-0.2, -0.15) is 10.3 Å². The summed E-state index contributed by atoms with van der Waals surface area (Å²) >= 11 is 1.72. The van der Waals surface area contributed by atoms with Crippen LogP contribution in [0.1, 0.15) is 24.8 Å². The topological polar surface area (TPSA) is 44.8 Å². The lowest BCUT2D eigenvalue weighted by molar-refractivity contribution is 0.579. The van der Waals surface area contributed by atoms with Gasteiger partial charge in [0.25, 0.3) is 0 Å². The Morgan fingerprint density at radius 2 is 1.83 bits per heavy atom. The van der Waals surface area contributed by atoms with E-state index in [9.17, 15) is 0 Å². The summed E-state index contributed by atoms with van der Waals surface area (Å²) in [6.45, 7) is 2.36. The lowest BCUT2D eigenvalue weighted by Crippen LogP contribution is -2.29. The zero-order valence-corrected chi connectivity index (χ0v) is 13.9. The molecule has 1 aromatic heterocycles. The van der Waals surface area contributed by atoms with Gasteiger partial charge in [-0.05, 0) is 36.3 Å². The molecule has 2 aromatic carbocycles. The molecule has 1 saturated heterocycles. The van der Waals surface area contributed by atoms with Crippen molar-refractivity contribution < 1.29 is 0 Å². The van der Waals surface area contributed by atoms with Gasteiger partial charge in [-0.1, -0.05) is 42.1 Å². The first-order valence-corrected chi connectivity index (χ1v) is 9.14. The van der Waals surface area contributed by atoms with Crippen LogP contribution >= 0.6 is 11.8 Å². The van der Waals surface area contributed by atoms with Gasteiger partial charge >= 0.3 is 0 Å². The highest BCUT2D eigenvalue weighted by atomic mass is 32.2. The van der Waals surface area contributed by atoms with Crippen molar-refractivity contribution in [1.82, 2.24) is 15.4 Å². The van der Waals surface area contributed by atoms with Gasteiger partial charge in [0.15, 0.2) is 0 Å². The number of rotatable bonds is 4. The van der Waals surface area contributed by atoms with Crippen molar-refractivity contribution in [2.24, 2.45) is 0 Å². The molecule has 3 aromatic rings. The molecule has 1 aliphatic heterocycles. The highest BCUT2D eigenvalue weighted by Gasteiger charge is 2.15. The van der Waals surface area contributed by atoms with Gasteiger partial charge in [-0.15, -0.1) is 5.10 Å². The Hall–Kier alpha value is -2.01. The van der Waals surface area contributed by atoms with Crippen LogP contribution < -0.4 is 4.90 Å². The standard InChI is InChI=1S/C18H20N4S/c1-4-10-22(11-5-1)17-9-8-14(13-23-18-12-19-21-20-18)15-6-2-3-7-16(15)17/h2-3,6-9,12H,1,4-5,10-11,13H2,(H,19,20,21). The smallest absolute Gasteiger partial charge is 0.139 e. The van der Waals surface area contributed by atoms with Crippen LogP contribution in [-0.2, 0) is 5.75 Å². The van der Waals surface area contributed by atoms with E-state index in [1.54, 1.807) is 18.0 Å². The number of thioether (sulfide) groups is 1. The number of anilines is 1. The molecule has 118 valence electrons. The van der Waals surface area contributed by atoms with Crippen LogP contribution in [0.4, 0.5) is 5.69 Å². The average Bonchev–Trinajstić information content (AvgIpc) is 3.14. The van der Waals surface area contributed by atoms with Crippen molar-refractivity contribution in [3.8, 4) is 0 Å². The molecule has 5 heteroatoms. The molecule has 0 unspecified atom stereocenters. The summed E-state index contributed by atoms with van der Waals surface area (Å²) in [6.07, 6.45) is 5.74. The summed E-state index contributed by atoms with van der Waals surface area (Å²) < 4.78 is 0. The van der Waals surface area contributed by atoms with Crippen LogP contribution in [0, 0.1) is 0 Å². The van der Waals surface area contributed by atoms with Gasteiger partial charge in [0.2, 0.25) is 0 Å². The number of nitrogens with zero attached hydrogens (tertiary/aromatic N) is 3. The molecule has 0 spiro atoms. The molecule has 0 amide bonds. The van der Waals surface area contributed by atoms with E-state index in [0.29, 0.717) is 0 Å². The number of hydrogen-bond donors (Lipinski definition) is 1. The third-order valence-electron chi connectivity index (χ3n) is 4.46. The summed E-state index contributed by atoms with van der Waals surface area (Å²) in [4.78, 5) is 2.54. The second kappa shape index (κ2) is 6.62. The highest BCUT2D eigenvalue weighted by Crippen LogP contribution is 2.33. The fourth-order valence-electron chi connectivity index (χ4n) is 3.29. The molecule has 0 bridgehead atoms. The predicted molar refractivity (Wildman–Crippen MR) is 96.0 cm³/mol. The highest BCUT2D eigenvalue weighted by molar-refractivity contribution is 7.98. The van der Waals surface area contributed by atoms with Crippen molar-refractivity contribution in [2.45, 2.75) is 30.0 Å². The van der Waals surface area contributed by atoms with E-state index < -0.39 is 0 Å². The largest absolute Gasteiger partial charge is 0.371 e. The molecule has 2 heterocycles. The summed E-state index contributed by atoms with van der Waals surface area (Å²) in [7, 11) is 0. The number of H-pyrrole nitrogens is 1. The van der Waals surface area contributed by atoms with Gasteiger partial charge in [0, 0.05) is 29.9 Å². The average molecular weight is 324 g/mol. The number of nitrogens with one attached hydrogen (secondary N) is 1. The molecule has 0 saturated carbocycles. The molecule has 0 atom stereocenters. The van der Waals surface area contributed by atoms with E-state index >= 15 is 0 Å². The van der Waals surface area contributed by atoms with E-state index in [1.165, 1.54) is 54.4 Å². The van der Waals surface area contributed by atoms with Crippen LogP contribution in [-0.4, -0.2) is 28.5 Å². The Bertz CT molecular complexity index is 779. The molecule has 1 aliphatic rings. The zero-order valence-electron chi connectivity index (χ0n) is 13.0. The Morgan fingerprint density at radius 3 is 2.61 bits per heavy atom. The Labute approximate surface area is 140 Å². The zero-order chi connectivity index (χ0) is 15.5. The van der Waals surface area contributed by atoms with Crippen LogP contribution in [0.15, 0.2) is 47.6 Å². The first-order chi connectivity index (χ1) is 11.4. The molecular formula is C18H20N4S. The van der Waals surface area contributed by atoms with Crippen molar-refractivity contribution in [2.75, 3.05) is 18.0 Å². The van der Waals surface area contributed by atoms with Gasteiger partial charge in [0.05, 0.1) is 6.20 Å². The fourth-order valence-corrected chi connectivity index (χ4v) is 4.08. The molecular weight excluding hydrogens is 304 g/mol. The Kier molecular flexibility index (Phi) is 4.20. The van der Waals surface area contributed by atoms with Gasteiger partial charge in [-0.3, -0.25) is 0 Å². The number of aromatic nitrogens is 3. The maximum Gasteiger partial charge on any atom is 0.139 e. The van der Waals surface area contributed by atoms with Gasteiger partial charge < -0.3 is 4.90 Å². The minimum atomic E-state index is 0.910. The maximum absolute atomic E-state index is 4.12. The summed E-state index contributed by atoms with van der Waals surface area (Å²) in [6, 6.07) is 13.3. The van der Waals surface area contributed by atoms with Crippen LogP contribution in [0.3, 0.4) is 0 Å². The Morgan fingerprint density at radius 1 is 1.00 bits per heavy atom. The molecule has 4 nitrogen and oxygen atoms in total. The molecule has 1 fully saturated rings. The summed E-state index contributed by atoms with van der Waals surface area (Å²) in [5.74, 6) is 0.910. The van der Waals surface area contributed by atoms with Crippen LogP contribution in [0.2, 0.25) is 0 Å². The minimum absolute atomic E-state index is 0.910. The van der Waals surface area contributed by atoms with Gasteiger partial charge in [-0.25, -0.2) is 0 Å². The number of piperidine rings is 1. The number of fused-ring (bicyclic) bond motifs is 1. The van der Waals surface area contributed by atoms with Crippen LogP contribution in [0.25, 0.3) is 10.8 Å². The first kappa shape index (κ1) is 14.6. The van der Waals surface area contributed by atoms with E-state index in [4.69, 9.17) is 0 Å². The van der Waals surface area contributed by atoms with Crippen molar-refractivity contribution in [1.29, 1.82) is 0 Å². The third-order valence-corrected chi connectivity index (χ3v) is 5.40. The normalized spacial score (nSPS) is 15.2. The fraction of sp³-hybridized carbons (Fsp3) is 0.333. The first-order valence-electron chi connectivity index (χ1n) is 8.16. The number of benzene rings is 2. The molecule has 0 aliphatic carbocycles. The third kappa shape index (κ3) is 3.06. The lowest BCUT2D eigenvalue weighted by Gasteiger charge is -2.30. The molecule has 4 rings (SSSR count). The molecule has 23 heavy (non-hydrogen) atoms. The maximum atomic E-state index is 4.12. The summed E-state index contributed by atoms with van der Waals surface area (Å²) in [5.41, 5.74) is 2.74. The van der Waals surface area contributed by atoms with Crippen LogP contribution in [0.5, 0.6) is 0 Å². The van der Waals surface area contributed by atoms with E-state index in [0.717, 1.165) is 10.8 Å². The van der Waals surface area contributed by atoms with Crippen molar-refractivity contribution in [3.05, 3.63) is 48.2 Å². The van der Waals surface area contributed by atoms with Crippen molar-refractivity contribution >= 4 is 28.2 Å². The monoisotopic (exact) mass is 324 g/mol. The molecule has 0 radical (unpaired) electrons. The lowest BCUT2D eigenvalue weighted by atomic mass is 10.0. The van der Waals surface area contributed by atoms with Crippen molar-refractivity contribution in [3.63, 3.8) is 0 Å². The predicted octanol–water partition coefficient (Wildman–Crippen LogP) is 4.24.